The van der Waals surface area contributed by atoms with E-state index in [-0.39, 0.29) is 12.5 Å². The molecule has 0 aromatic heterocycles. The molecule has 0 aliphatic heterocycles. The fraction of sp³-hybridized carbons (Fsp3) is 0.879. The molecule has 0 saturated carbocycles. The third-order valence-electron chi connectivity index (χ3n) is 13.2. The van der Waals surface area contributed by atoms with Crippen LogP contribution in [0.5, 0.6) is 0 Å². The lowest BCUT2D eigenvalue weighted by Gasteiger charge is -2.22. The maximum Gasteiger partial charge on any atom is 0.220 e. The average Bonchev–Trinajstić information content (AvgIpc) is 3.28. The van der Waals surface area contributed by atoms with E-state index in [0.29, 0.717) is 12.8 Å². The Bertz CT molecular complexity index is 943. The minimum Gasteiger partial charge on any atom is -0.394 e. The van der Waals surface area contributed by atoms with Crippen molar-refractivity contribution in [2.24, 2.45) is 0 Å². The van der Waals surface area contributed by atoms with Crippen molar-refractivity contribution < 1.29 is 15.0 Å². The van der Waals surface area contributed by atoms with Crippen LogP contribution in [0.2, 0.25) is 0 Å². The van der Waals surface area contributed by atoms with Crippen LogP contribution in [-0.2, 0) is 4.79 Å². The highest BCUT2D eigenvalue weighted by Gasteiger charge is 2.20. The van der Waals surface area contributed by atoms with Crippen LogP contribution in [0, 0.1) is 0 Å². The normalized spacial score (nSPS) is 13.0. The van der Waals surface area contributed by atoms with E-state index >= 15 is 0 Å². The van der Waals surface area contributed by atoms with E-state index in [9.17, 15) is 15.0 Å². The highest BCUT2D eigenvalue weighted by molar-refractivity contribution is 5.76. The first-order chi connectivity index (χ1) is 30.7. The molecule has 0 radical (unpaired) electrons. The second-order valence-electron chi connectivity index (χ2n) is 19.4. The van der Waals surface area contributed by atoms with Gasteiger partial charge in [-0.3, -0.25) is 4.79 Å². The fourth-order valence-corrected chi connectivity index (χ4v) is 8.84. The number of carbonyl (C=O) groups excluding carboxylic acids is 1. The van der Waals surface area contributed by atoms with E-state index in [2.05, 4.69) is 55.6 Å². The molecule has 0 aromatic rings. The van der Waals surface area contributed by atoms with Gasteiger partial charge in [0.05, 0.1) is 18.8 Å². The minimum atomic E-state index is -0.656. The first kappa shape index (κ1) is 60.6. The van der Waals surface area contributed by atoms with Gasteiger partial charge in [-0.15, -0.1) is 0 Å². The minimum absolute atomic E-state index is 0.0269. The Hall–Kier alpha value is -1.39. The molecule has 0 bridgehead atoms. The van der Waals surface area contributed by atoms with Crippen molar-refractivity contribution in [2.75, 3.05) is 6.61 Å². The van der Waals surface area contributed by atoms with Gasteiger partial charge in [0, 0.05) is 6.42 Å². The Morgan fingerprint density at radius 2 is 0.661 bits per heavy atom. The van der Waals surface area contributed by atoms with Gasteiger partial charge >= 0.3 is 0 Å². The monoisotopic (exact) mass is 870 g/mol. The number of hydrogen-bond donors (Lipinski definition) is 3. The maximum atomic E-state index is 12.5. The standard InChI is InChI=1S/C58H111NO3/c1-3-5-7-9-11-13-15-17-18-19-20-21-22-23-24-25-26-27-28-29-30-31-32-33-34-35-36-37-38-39-40-42-44-46-48-50-52-54-58(62)59-56(55-60)57(61)53-51-49-47-45-43-41-16-14-12-10-8-6-4-2/h15,17,19-20,22-23,56-57,60-61H,3-14,16,18,21,24-55H2,1-2H3,(H,59,62)/b17-15-,20-19-,23-22-. The van der Waals surface area contributed by atoms with Crippen molar-refractivity contribution in [3.8, 4) is 0 Å². The zero-order valence-electron chi connectivity index (χ0n) is 42.2. The number of aliphatic hydroxyl groups excluding tert-OH is 2. The van der Waals surface area contributed by atoms with Crippen LogP contribution >= 0.6 is 0 Å². The van der Waals surface area contributed by atoms with Gasteiger partial charge in [-0.05, 0) is 51.4 Å². The molecule has 3 N–H and O–H groups in total. The smallest absolute Gasteiger partial charge is 0.220 e. The van der Waals surface area contributed by atoms with Crippen molar-refractivity contribution >= 4 is 5.91 Å². The largest absolute Gasteiger partial charge is 0.394 e. The molecular weight excluding hydrogens is 759 g/mol. The van der Waals surface area contributed by atoms with Gasteiger partial charge < -0.3 is 15.5 Å². The highest BCUT2D eigenvalue weighted by Crippen LogP contribution is 2.17. The van der Waals surface area contributed by atoms with Crippen LogP contribution in [0.1, 0.15) is 309 Å². The SMILES string of the molecule is CCCCCCC/C=C\C/C=C\C/C=C\CCCCCCCCCCCCCCCCCCCCCCCCC(=O)NC(CO)C(O)CCCCCCCCCCCCCCC. The van der Waals surface area contributed by atoms with Gasteiger partial charge in [0.15, 0.2) is 0 Å². The van der Waals surface area contributed by atoms with Gasteiger partial charge in [0.1, 0.15) is 0 Å². The van der Waals surface area contributed by atoms with Gasteiger partial charge in [0.25, 0.3) is 0 Å². The van der Waals surface area contributed by atoms with Gasteiger partial charge in [-0.1, -0.05) is 288 Å². The van der Waals surface area contributed by atoms with Crippen LogP contribution in [0.3, 0.4) is 0 Å². The lowest BCUT2D eigenvalue weighted by molar-refractivity contribution is -0.123. The molecule has 0 rings (SSSR count). The second kappa shape index (κ2) is 53.9. The zero-order chi connectivity index (χ0) is 44.9. The second-order valence-corrected chi connectivity index (χ2v) is 19.4. The molecular formula is C58H111NO3. The number of amides is 1. The molecule has 1 amide bonds. The molecule has 62 heavy (non-hydrogen) atoms. The van der Waals surface area contributed by atoms with E-state index in [4.69, 9.17) is 0 Å². The van der Waals surface area contributed by atoms with Gasteiger partial charge in [-0.2, -0.15) is 0 Å². The predicted octanol–water partition coefficient (Wildman–Crippen LogP) is 18.5. The van der Waals surface area contributed by atoms with Crippen molar-refractivity contribution in [2.45, 2.75) is 321 Å². The number of allylic oxidation sites excluding steroid dienone is 6. The first-order valence-corrected chi connectivity index (χ1v) is 28.2. The molecule has 0 fully saturated rings. The predicted molar refractivity (Wildman–Crippen MR) is 276 cm³/mol. The summed E-state index contributed by atoms with van der Waals surface area (Å²) in [4.78, 5) is 12.5. The summed E-state index contributed by atoms with van der Waals surface area (Å²) in [5, 5.41) is 23.2. The van der Waals surface area contributed by atoms with Gasteiger partial charge in [-0.25, -0.2) is 0 Å². The summed E-state index contributed by atoms with van der Waals surface area (Å²) >= 11 is 0. The molecule has 0 saturated heterocycles. The number of carbonyl (C=O) groups is 1. The first-order valence-electron chi connectivity index (χ1n) is 28.2. The van der Waals surface area contributed by atoms with Gasteiger partial charge in [0.2, 0.25) is 5.91 Å². The molecule has 4 nitrogen and oxygen atoms in total. The topological polar surface area (TPSA) is 69.6 Å². The quantitative estimate of drug-likeness (QED) is 0.0421. The van der Waals surface area contributed by atoms with Crippen LogP contribution in [0.25, 0.3) is 0 Å². The summed E-state index contributed by atoms with van der Waals surface area (Å²) in [7, 11) is 0. The number of hydrogen-bond acceptors (Lipinski definition) is 3. The summed E-state index contributed by atoms with van der Waals surface area (Å²) in [6.45, 7) is 4.36. The number of unbranched alkanes of at least 4 members (excludes halogenated alkanes) is 39. The molecule has 0 aliphatic rings. The van der Waals surface area contributed by atoms with E-state index in [0.717, 1.165) is 38.5 Å². The summed E-state index contributed by atoms with van der Waals surface area (Å²) in [6, 6.07) is -0.533. The highest BCUT2D eigenvalue weighted by atomic mass is 16.3. The Morgan fingerprint density at radius 3 is 0.984 bits per heavy atom. The van der Waals surface area contributed by atoms with Crippen LogP contribution in [0.4, 0.5) is 0 Å². The Morgan fingerprint density at radius 1 is 0.387 bits per heavy atom. The third kappa shape index (κ3) is 49.6. The lowest BCUT2D eigenvalue weighted by Crippen LogP contribution is -2.45. The molecule has 366 valence electrons. The van der Waals surface area contributed by atoms with Crippen molar-refractivity contribution in [3.63, 3.8) is 0 Å². The van der Waals surface area contributed by atoms with Crippen LogP contribution < -0.4 is 5.32 Å². The molecule has 0 spiro atoms. The summed E-state index contributed by atoms with van der Waals surface area (Å²) < 4.78 is 0. The summed E-state index contributed by atoms with van der Waals surface area (Å²) in [5.74, 6) is -0.0269. The van der Waals surface area contributed by atoms with Crippen molar-refractivity contribution in [3.05, 3.63) is 36.5 Å². The fourth-order valence-electron chi connectivity index (χ4n) is 8.84. The summed E-state index contributed by atoms with van der Waals surface area (Å²) in [5.41, 5.74) is 0. The lowest BCUT2D eigenvalue weighted by atomic mass is 10.0. The van der Waals surface area contributed by atoms with Crippen LogP contribution in [-0.4, -0.2) is 34.9 Å². The molecule has 2 atom stereocenters. The molecule has 0 aliphatic carbocycles. The Labute approximate surface area is 389 Å². The zero-order valence-corrected chi connectivity index (χ0v) is 42.2. The molecule has 0 heterocycles. The maximum absolute atomic E-state index is 12.5. The molecule has 2 unspecified atom stereocenters. The van der Waals surface area contributed by atoms with Crippen molar-refractivity contribution in [1.82, 2.24) is 5.32 Å². The number of aliphatic hydroxyl groups is 2. The average molecular weight is 871 g/mol. The third-order valence-corrected chi connectivity index (χ3v) is 13.2. The summed E-state index contributed by atoms with van der Waals surface area (Å²) in [6.07, 6.45) is 72.8. The van der Waals surface area contributed by atoms with E-state index < -0.39 is 12.1 Å². The van der Waals surface area contributed by atoms with E-state index in [1.165, 1.54) is 244 Å². The molecule has 4 heteroatoms. The molecule has 0 aromatic carbocycles. The van der Waals surface area contributed by atoms with Crippen LogP contribution in [0.15, 0.2) is 36.5 Å². The van der Waals surface area contributed by atoms with E-state index in [1.807, 2.05) is 0 Å². The Balaban J connectivity index is 3.38. The Kier molecular flexibility index (Phi) is 52.7. The van der Waals surface area contributed by atoms with E-state index in [1.54, 1.807) is 0 Å². The number of nitrogens with one attached hydrogen (secondary N) is 1. The number of rotatable bonds is 52. The van der Waals surface area contributed by atoms with Crippen molar-refractivity contribution in [1.29, 1.82) is 0 Å².